The first kappa shape index (κ1) is 19.8. The van der Waals surface area contributed by atoms with E-state index in [9.17, 15) is 10.1 Å². The first-order valence-corrected chi connectivity index (χ1v) is 8.63. The molecule has 29 heavy (non-hydrogen) atoms. The van der Waals surface area contributed by atoms with Crippen LogP contribution in [0, 0.1) is 10.1 Å². The van der Waals surface area contributed by atoms with Gasteiger partial charge in [0.15, 0.2) is 5.69 Å². The molecule has 8 heteroatoms. The van der Waals surface area contributed by atoms with Crippen molar-refractivity contribution in [2.24, 2.45) is 10.2 Å². The molecule has 0 aromatic heterocycles. The van der Waals surface area contributed by atoms with E-state index in [1.165, 1.54) is 20.3 Å². The van der Waals surface area contributed by atoms with Gasteiger partial charge < -0.3 is 14.2 Å². The van der Waals surface area contributed by atoms with Crippen LogP contribution in [0.4, 0.5) is 17.1 Å². The maximum atomic E-state index is 11.9. The Bertz CT molecular complexity index is 1050. The summed E-state index contributed by atoms with van der Waals surface area (Å²) in [6, 6.07) is 17.1. The number of nitrogens with zero attached hydrogens (tertiary/aromatic N) is 3. The van der Waals surface area contributed by atoms with E-state index in [4.69, 9.17) is 14.2 Å². The van der Waals surface area contributed by atoms with E-state index in [-0.39, 0.29) is 11.4 Å². The quantitative estimate of drug-likeness (QED) is 0.291. The number of rotatable bonds is 7. The molecule has 3 aromatic rings. The van der Waals surface area contributed by atoms with Crippen LogP contribution in [0.2, 0.25) is 0 Å². The third-order valence-corrected chi connectivity index (χ3v) is 4.24. The predicted octanol–water partition coefficient (Wildman–Crippen LogP) is 5.70. The molecule has 0 saturated carbocycles. The van der Waals surface area contributed by atoms with Crippen molar-refractivity contribution < 1.29 is 19.1 Å². The van der Waals surface area contributed by atoms with E-state index in [0.717, 1.165) is 0 Å². The van der Waals surface area contributed by atoms with Gasteiger partial charge in [0, 0.05) is 6.07 Å². The summed E-state index contributed by atoms with van der Waals surface area (Å²) in [7, 11) is 4.51. The lowest BCUT2D eigenvalue weighted by molar-refractivity contribution is -0.383. The van der Waals surface area contributed by atoms with Crippen molar-refractivity contribution in [3.8, 4) is 28.4 Å². The van der Waals surface area contributed by atoms with Gasteiger partial charge >= 0.3 is 5.69 Å². The second kappa shape index (κ2) is 8.83. The van der Waals surface area contributed by atoms with Gasteiger partial charge in [-0.15, -0.1) is 10.2 Å². The topological polar surface area (TPSA) is 95.6 Å². The minimum atomic E-state index is -0.482. The Hall–Kier alpha value is -3.94. The Balaban J connectivity index is 2.14. The number of benzene rings is 3. The molecule has 0 aliphatic rings. The summed E-state index contributed by atoms with van der Waals surface area (Å²) in [6.45, 7) is 0. The molecule has 0 amide bonds. The molecule has 0 atom stereocenters. The molecule has 0 aliphatic heterocycles. The Morgan fingerprint density at radius 2 is 1.45 bits per heavy atom. The lowest BCUT2D eigenvalue weighted by atomic mass is 10.0. The number of hydrogen-bond donors (Lipinski definition) is 0. The van der Waals surface area contributed by atoms with Crippen molar-refractivity contribution in [1.82, 2.24) is 0 Å². The van der Waals surface area contributed by atoms with Crippen LogP contribution in [-0.4, -0.2) is 26.3 Å². The SMILES string of the molecule is COc1ccc(N=Nc2ccc(OC)c(-c3ccccc3)c2[N+](=O)[O-])c(OC)c1. The molecular formula is C21H19N3O5. The summed E-state index contributed by atoms with van der Waals surface area (Å²) in [5, 5.41) is 20.2. The van der Waals surface area contributed by atoms with Crippen LogP contribution < -0.4 is 14.2 Å². The molecule has 0 radical (unpaired) electrons. The monoisotopic (exact) mass is 393 g/mol. The van der Waals surface area contributed by atoms with Crippen LogP contribution in [0.15, 0.2) is 70.9 Å². The third-order valence-electron chi connectivity index (χ3n) is 4.24. The van der Waals surface area contributed by atoms with Crippen molar-refractivity contribution in [1.29, 1.82) is 0 Å². The zero-order chi connectivity index (χ0) is 20.8. The minimum absolute atomic E-state index is 0.104. The lowest BCUT2D eigenvalue weighted by Crippen LogP contribution is -1.96. The zero-order valence-corrected chi connectivity index (χ0v) is 16.2. The van der Waals surface area contributed by atoms with Crippen molar-refractivity contribution in [3.05, 3.63) is 70.8 Å². The Morgan fingerprint density at radius 3 is 2.07 bits per heavy atom. The molecule has 148 valence electrons. The van der Waals surface area contributed by atoms with Crippen molar-refractivity contribution >= 4 is 17.1 Å². The first-order chi connectivity index (χ1) is 14.1. The third kappa shape index (κ3) is 4.16. The highest BCUT2D eigenvalue weighted by Crippen LogP contribution is 2.45. The van der Waals surface area contributed by atoms with Gasteiger partial charge in [-0.3, -0.25) is 10.1 Å². The van der Waals surface area contributed by atoms with Gasteiger partial charge in [0.2, 0.25) is 0 Å². The molecule has 0 saturated heterocycles. The van der Waals surface area contributed by atoms with Gasteiger partial charge in [-0.1, -0.05) is 30.3 Å². The normalized spacial score (nSPS) is 10.7. The van der Waals surface area contributed by atoms with Crippen molar-refractivity contribution in [3.63, 3.8) is 0 Å². The van der Waals surface area contributed by atoms with Crippen LogP contribution in [0.3, 0.4) is 0 Å². The standard InChI is InChI=1S/C21H19N3O5/c1-27-15-9-10-16(19(13-15)29-3)22-23-17-11-12-18(28-2)20(21(17)24(25)26)14-7-5-4-6-8-14/h4-13H,1-3H3. The molecular weight excluding hydrogens is 374 g/mol. The second-order valence-electron chi connectivity index (χ2n) is 5.87. The summed E-state index contributed by atoms with van der Waals surface area (Å²) < 4.78 is 15.8. The number of nitro groups is 1. The molecule has 3 rings (SSSR count). The van der Waals surface area contributed by atoms with Gasteiger partial charge in [0.1, 0.15) is 28.5 Å². The van der Waals surface area contributed by atoms with Gasteiger partial charge in [0.05, 0.1) is 26.3 Å². The highest BCUT2D eigenvalue weighted by atomic mass is 16.6. The molecule has 3 aromatic carbocycles. The van der Waals surface area contributed by atoms with Gasteiger partial charge in [-0.25, -0.2) is 0 Å². The maximum Gasteiger partial charge on any atom is 0.308 e. The second-order valence-corrected chi connectivity index (χ2v) is 5.87. The fraction of sp³-hybridized carbons (Fsp3) is 0.143. The first-order valence-electron chi connectivity index (χ1n) is 8.63. The van der Waals surface area contributed by atoms with Crippen LogP contribution in [0.1, 0.15) is 0 Å². The number of hydrogen-bond acceptors (Lipinski definition) is 7. The smallest absolute Gasteiger partial charge is 0.308 e. The van der Waals surface area contributed by atoms with E-state index in [0.29, 0.717) is 34.1 Å². The van der Waals surface area contributed by atoms with Crippen molar-refractivity contribution in [2.45, 2.75) is 0 Å². The molecule has 0 spiro atoms. The Kier molecular flexibility index (Phi) is 6.03. The number of ether oxygens (including phenoxy) is 3. The molecule has 8 nitrogen and oxygen atoms in total. The molecule has 0 bridgehead atoms. The molecule has 0 fully saturated rings. The molecule has 0 N–H and O–H groups in total. The number of azo groups is 1. The summed E-state index contributed by atoms with van der Waals surface area (Å²) in [4.78, 5) is 11.4. The van der Waals surface area contributed by atoms with Crippen molar-refractivity contribution in [2.75, 3.05) is 21.3 Å². The highest BCUT2D eigenvalue weighted by Gasteiger charge is 2.25. The molecule has 0 heterocycles. The Morgan fingerprint density at radius 1 is 0.793 bits per heavy atom. The molecule has 0 aliphatic carbocycles. The fourth-order valence-electron chi connectivity index (χ4n) is 2.86. The fourth-order valence-corrected chi connectivity index (χ4v) is 2.86. The lowest BCUT2D eigenvalue weighted by Gasteiger charge is -2.11. The predicted molar refractivity (Wildman–Crippen MR) is 109 cm³/mol. The number of methoxy groups -OCH3 is 3. The summed E-state index contributed by atoms with van der Waals surface area (Å²) in [5.74, 6) is 1.42. The largest absolute Gasteiger partial charge is 0.497 e. The average molecular weight is 393 g/mol. The van der Waals surface area contributed by atoms with E-state index in [2.05, 4.69) is 10.2 Å². The van der Waals surface area contributed by atoms with E-state index in [1.54, 1.807) is 55.6 Å². The van der Waals surface area contributed by atoms with Crippen LogP contribution >= 0.6 is 0 Å². The zero-order valence-electron chi connectivity index (χ0n) is 16.2. The van der Waals surface area contributed by atoms with Gasteiger partial charge in [0.25, 0.3) is 0 Å². The maximum absolute atomic E-state index is 11.9. The van der Waals surface area contributed by atoms with Gasteiger partial charge in [-0.05, 0) is 29.8 Å². The Labute approximate surface area is 167 Å². The van der Waals surface area contributed by atoms with Gasteiger partial charge in [-0.2, -0.15) is 0 Å². The van der Waals surface area contributed by atoms with E-state index < -0.39 is 4.92 Å². The van der Waals surface area contributed by atoms with E-state index >= 15 is 0 Å². The number of nitro benzene ring substituents is 1. The summed E-state index contributed by atoms with van der Waals surface area (Å²) >= 11 is 0. The average Bonchev–Trinajstić information content (AvgIpc) is 2.77. The minimum Gasteiger partial charge on any atom is -0.497 e. The van der Waals surface area contributed by atoms with Crippen LogP contribution in [0.5, 0.6) is 17.2 Å². The van der Waals surface area contributed by atoms with E-state index in [1.807, 2.05) is 6.07 Å². The highest BCUT2D eigenvalue weighted by molar-refractivity contribution is 5.85. The van der Waals surface area contributed by atoms with Crippen LogP contribution in [0.25, 0.3) is 11.1 Å². The summed E-state index contributed by atoms with van der Waals surface area (Å²) in [6.07, 6.45) is 0. The molecule has 0 unspecified atom stereocenters. The van der Waals surface area contributed by atoms with Crippen LogP contribution in [-0.2, 0) is 0 Å². The summed E-state index contributed by atoms with van der Waals surface area (Å²) in [5.41, 5.74) is 1.32.